The van der Waals surface area contributed by atoms with E-state index in [1.807, 2.05) is 11.0 Å². The molecule has 1 atom stereocenters. The number of rotatable bonds is 3. The smallest absolute Gasteiger partial charge is 0.227 e. The van der Waals surface area contributed by atoms with Crippen molar-refractivity contribution in [2.45, 2.75) is 32.2 Å². The van der Waals surface area contributed by atoms with Crippen molar-refractivity contribution in [1.29, 1.82) is 0 Å². The highest BCUT2D eigenvalue weighted by atomic mass is 19.1. The molecule has 2 aliphatic rings. The Labute approximate surface area is 125 Å². The highest BCUT2D eigenvalue weighted by Crippen LogP contribution is 2.22. The Morgan fingerprint density at radius 3 is 2.76 bits per heavy atom. The monoisotopic (exact) mass is 290 g/mol. The topological polar surface area (TPSA) is 23.6 Å². The highest BCUT2D eigenvalue weighted by molar-refractivity contribution is 5.79. The van der Waals surface area contributed by atoms with Crippen molar-refractivity contribution in [1.82, 2.24) is 9.80 Å². The Morgan fingerprint density at radius 1 is 1.19 bits per heavy atom. The second-order valence-electron chi connectivity index (χ2n) is 6.24. The molecule has 3 rings (SSSR count). The summed E-state index contributed by atoms with van der Waals surface area (Å²) in [5.74, 6) is 0.278. The van der Waals surface area contributed by atoms with Gasteiger partial charge in [-0.05, 0) is 49.9 Å². The lowest BCUT2D eigenvalue weighted by molar-refractivity contribution is -0.136. The summed E-state index contributed by atoms with van der Waals surface area (Å²) >= 11 is 0. The van der Waals surface area contributed by atoms with Crippen molar-refractivity contribution < 1.29 is 9.18 Å². The average Bonchev–Trinajstić information content (AvgIpc) is 2.96. The van der Waals surface area contributed by atoms with Gasteiger partial charge in [0.25, 0.3) is 0 Å². The molecule has 2 heterocycles. The Hall–Kier alpha value is -1.42. The van der Waals surface area contributed by atoms with Crippen LogP contribution >= 0.6 is 0 Å². The van der Waals surface area contributed by atoms with Gasteiger partial charge in [0.2, 0.25) is 5.91 Å². The van der Waals surface area contributed by atoms with Gasteiger partial charge in [0.05, 0.1) is 5.92 Å². The fraction of sp³-hybridized carbons (Fsp3) is 0.588. The molecular formula is C17H23FN2O. The van der Waals surface area contributed by atoms with Crippen LogP contribution < -0.4 is 0 Å². The minimum absolute atomic E-state index is 0.136. The van der Waals surface area contributed by atoms with Crippen LogP contribution in [-0.2, 0) is 11.3 Å². The number of halogens is 1. The second-order valence-corrected chi connectivity index (χ2v) is 6.24. The van der Waals surface area contributed by atoms with Crippen LogP contribution in [0.4, 0.5) is 4.39 Å². The fourth-order valence-electron chi connectivity index (χ4n) is 3.44. The molecule has 1 aromatic carbocycles. The molecule has 3 nitrogen and oxygen atoms in total. The third-order valence-corrected chi connectivity index (χ3v) is 4.58. The third kappa shape index (κ3) is 3.62. The van der Waals surface area contributed by atoms with Crippen molar-refractivity contribution in [2.24, 2.45) is 5.92 Å². The van der Waals surface area contributed by atoms with Gasteiger partial charge in [0.15, 0.2) is 0 Å². The summed E-state index contributed by atoms with van der Waals surface area (Å²) in [5, 5.41) is 0. The number of carbonyl (C=O) groups excluding carboxylic acids is 1. The van der Waals surface area contributed by atoms with E-state index in [0.29, 0.717) is 5.91 Å². The molecule has 0 radical (unpaired) electrons. The van der Waals surface area contributed by atoms with E-state index in [-0.39, 0.29) is 11.7 Å². The summed E-state index contributed by atoms with van der Waals surface area (Å²) in [6.45, 7) is 4.34. The van der Waals surface area contributed by atoms with E-state index >= 15 is 0 Å². The molecule has 1 aromatic rings. The number of nitrogens with zero attached hydrogens (tertiary/aromatic N) is 2. The zero-order valence-electron chi connectivity index (χ0n) is 12.4. The van der Waals surface area contributed by atoms with E-state index in [4.69, 9.17) is 0 Å². The Kier molecular flexibility index (Phi) is 4.54. The summed E-state index contributed by atoms with van der Waals surface area (Å²) in [5.41, 5.74) is 0.987. The largest absolute Gasteiger partial charge is 0.342 e. The predicted octanol–water partition coefficient (Wildman–Crippen LogP) is 2.66. The highest BCUT2D eigenvalue weighted by Gasteiger charge is 2.31. The van der Waals surface area contributed by atoms with E-state index in [9.17, 15) is 9.18 Å². The molecule has 2 saturated heterocycles. The van der Waals surface area contributed by atoms with E-state index in [0.717, 1.165) is 57.5 Å². The Morgan fingerprint density at radius 2 is 2.00 bits per heavy atom. The van der Waals surface area contributed by atoms with Gasteiger partial charge in [-0.1, -0.05) is 12.1 Å². The molecule has 0 aromatic heterocycles. The minimum atomic E-state index is -0.187. The maximum absolute atomic E-state index is 13.2. The molecule has 0 saturated carbocycles. The van der Waals surface area contributed by atoms with Crippen molar-refractivity contribution in [3.8, 4) is 0 Å². The standard InChI is InChI=1S/C17H23FN2O/c18-16-6-4-5-14(11-16)12-19-10-7-15(13-19)17(21)20-8-2-1-3-9-20/h4-6,11,15H,1-3,7-10,12-13H2. The maximum Gasteiger partial charge on any atom is 0.227 e. The molecule has 1 amide bonds. The van der Waals surface area contributed by atoms with Crippen LogP contribution in [0.1, 0.15) is 31.2 Å². The van der Waals surface area contributed by atoms with E-state index in [2.05, 4.69) is 4.90 Å². The van der Waals surface area contributed by atoms with Gasteiger partial charge in [-0.3, -0.25) is 9.69 Å². The lowest BCUT2D eigenvalue weighted by Crippen LogP contribution is -2.40. The number of hydrogen-bond donors (Lipinski definition) is 0. The molecule has 0 N–H and O–H groups in total. The van der Waals surface area contributed by atoms with Gasteiger partial charge in [0.1, 0.15) is 5.82 Å². The first-order valence-electron chi connectivity index (χ1n) is 7.98. The van der Waals surface area contributed by atoms with Crippen LogP contribution in [0.25, 0.3) is 0 Å². The number of hydrogen-bond acceptors (Lipinski definition) is 2. The number of benzene rings is 1. The molecule has 114 valence electrons. The lowest BCUT2D eigenvalue weighted by Gasteiger charge is -2.29. The van der Waals surface area contributed by atoms with Crippen LogP contribution in [0, 0.1) is 11.7 Å². The Bertz CT molecular complexity index is 499. The maximum atomic E-state index is 13.2. The van der Waals surface area contributed by atoms with E-state index in [1.54, 1.807) is 12.1 Å². The average molecular weight is 290 g/mol. The van der Waals surface area contributed by atoms with Gasteiger partial charge < -0.3 is 4.90 Å². The van der Waals surface area contributed by atoms with Crippen LogP contribution in [-0.4, -0.2) is 41.9 Å². The van der Waals surface area contributed by atoms with Crippen LogP contribution in [0.5, 0.6) is 0 Å². The van der Waals surface area contributed by atoms with Gasteiger partial charge in [-0.25, -0.2) is 4.39 Å². The number of likely N-dealkylation sites (tertiary alicyclic amines) is 2. The number of carbonyl (C=O) groups is 1. The summed E-state index contributed by atoms with van der Waals surface area (Å²) in [7, 11) is 0. The summed E-state index contributed by atoms with van der Waals surface area (Å²) in [6.07, 6.45) is 4.47. The normalized spacial score (nSPS) is 23.5. The first kappa shape index (κ1) is 14.5. The number of piperidine rings is 1. The molecule has 1 unspecified atom stereocenters. The first-order valence-corrected chi connectivity index (χ1v) is 7.98. The molecule has 0 aliphatic carbocycles. The quantitative estimate of drug-likeness (QED) is 0.854. The molecule has 21 heavy (non-hydrogen) atoms. The van der Waals surface area contributed by atoms with Gasteiger partial charge >= 0.3 is 0 Å². The summed E-state index contributed by atoms with van der Waals surface area (Å²) in [4.78, 5) is 16.8. The van der Waals surface area contributed by atoms with Crippen LogP contribution in [0.3, 0.4) is 0 Å². The van der Waals surface area contributed by atoms with Gasteiger partial charge in [0, 0.05) is 26.2 Å². The van der Waals surface area contributed by atoms with Crippen molar-refractivity contribution in [3.63, 3.8) is 0 Å². The molecule has 0 spiro atoms. The van der Waals surface area contributed by atoms with E-state index < -0.39 is 0 Å². The third-order valence-electron chi connectivity index (χ3n) is 4.58. The minimum Gasteiger partial charge on any atom is -0.342 e. The van der Waals surface area contributed by atoms with Crippen molar-refractivity contribution in [3.05, 3.63) is 35.6 Å². The molecule has 2 aliphatic heterocycles. The fourth-order valence-corrected chi connectivity index (χ4v) is 3.44. The zero-order valence-corrected chi connectivity index (χ0v) is 12.4. The van der Waals surface area contributed by atoms with Crippen LogP contribution in [0.15, 0.2) is 24.3 Å². The van der Waals surface area contributed by atoms with Gasteiger partial charge in [-0.2, -0.15) is 0 Å². The summed E-state index contributed by atoms with van der Waals surface area (Å²) < 4.78 is 13.2. The molecule has 0 bridgehead atoms. The molecular weight excluding hydrogens is 267 g/mol. The van der Waals surface area contributed by atoms with Crippen molar-refractivity contribution >= 4 is 5.91 Å². The lowest BCUT2D eigenvalue weighted by atomic mass is 10.0. The number of amides is 1. The first-order chi connectivity index (χ1) is 10.2. The summed E-state index contributed by atoms with van der Waals surface area (Å²) in [6, 6.07) is 6.75. The zero-order chi connectivity index (χ0) is 14.7. The van der Waals surface area contributed by atoms with Gasteiger partial charge in [-0.15, -0.1) is 0 Å². The SMILES string of the molecule is O=C(C1CCN(Cc2cccc(F)c2)C1)N1CCCCC1. The predicted molar refractivity (Wildman–Crippen MR) is 80.2 cm³/mol. The van der Waals surface area contributed by atoms with Crippen molar-refractivity contribution in [2.75, 3.05) is 26.2 Å². The van der Waals surface area contributed by atoms with Crippen LogP contribution in [0.2, 0.25) is 0 Å². The second kappa shape index (κ2) is 6.56. The molecule has 4 heteroatoms. The Balaban J connectivity index is 1.54. The molecule has 2 fully saturated rings. The van der Waals surface area contributed by atoms with E-state index in [1.165, 1.54) is 12.5 Å².